The van der Waals surface area contributed by atoms with E-state index in [-0.39, 0.29) is 0 Å². The SMILES string of the molecule is CC(C)C[Si](CC(C)C)(CC(C)C)N(c1ccccn1)[Si](CC(C)C)(CC(C)C)CC(C)C. The molecule has 0 amide bonds. The average molecular weight is 491 g/mol. The Labute approximate surface area is 210 Å². The molecule has 1 aromatic rings. The Morgan fingerprint density at radius 1 is 0.545 bits per heavy atom. The van der Waals surface area contributed by atoms with Crippen molar-refractivity contribution in [2.45, 2.75) is 119 Å². The van der Waals surface area contributed by atoms with E-state index in [0.29, 0.717) is 0 Å². The van der Waals surface area contributed by atoms with Crippen LogP contribution in [0.3, 0.4) is 0 Å². The molecule has 0 saturated carbocycles. The van der Waals surface area contributed by atoms with Crippen LogP contribution in [0.15, 0.2) is 24.4 Å². The molecule has 1 rings (SSSR count). The zero-order valence-electron chi connectivity index (χ0n) is 24.4. The molecule has 4 heteroatoms. The Bertz CT molecular complexity index is 562. The van der Waals surface area contributed by atoms with Crippen LogP contribution in [0, 0.1) is 35.5 Å². The van der Waals surface area contributed by atoms with Crippen LogP contribution < -0.4 is 4.23 Å². The number of hydrogen-bond donors (Lipinski definition) is 0. The number of anilines is 1. The monoisotopic (exact) mass is 490 g/mol. The third-order valence-electron chi connectivity index (χ3n) is 6.56. The van der Waals surface area contributed by atoms with E-state index < -0.39 is 16.5 Å². The maximum Gasteiger partial charge on any atom is 0.150 e. The van der Waals surface area contributed by atoms with Crippen LogP contribution >= 0.6 is 0 Å². The van der Waals surface area contributed by atoms with E-state index in [1.807, 2.05) is 0 Å². The quantitative estimate of drug-likeness (QED) is 0.227. The predicted molar refractivity (Wildman–Crippen MR) is 156 cm³/mol. The van der Waals surface area contributed by atoms with Crippen LogP contribution in [0.25, 0.3) is 0 Å². The number of rotatable bonds is 15. The second-order valence-corrected chi connectivity index (χ2v) is 22.2. The topological polar surface area (TPSA) is 16.1 Å². The van der Waals surface area contributed by atoms with Gasteiger partial charge in [0.05, 0.1) is 0 Å². The van der Waals surface area contributed by atoms with Gasteiger partial charge in [-0.05, 0) is 83.9 Å². The molecule has 0 aromatic carbocycles. The lowest BCUT2D eigenvalue weighted by atomic mass is 10.2. The van der Waals surface area contributed by atoms with Crippen molar-refractivity contribution in [2.75, 3.05) is 4.23 Å². The van der Waals surface area contributed by atoms with E-state index in [4.69, 9.17) is 4.98 Å². The van der Waals surface area contributed by atoms with Gasteiger partial charge in [0.1, 0.15) is 22.3 Å². The third kappa shape index (κ3) is 9.51. The van der Waals surface area contributed by atoms with E-state index >= 15 is 0 Å². The summed E-state index contributed by atoms with van der Waals surface area (Å²) < 4.78 is 3.21. The van der Waals surface area contributed by atoms with Crippen molar-refractivity contribution >= 4 is 22.3 Å². The summed E-state index contributed by atoms with van der Waals surface area (Å²) in [5, 5.41) is 0. The molecular formula is C29H58N2Si2. The number of pyridine rings is 1. The summed E-state index contributed by atoms with van der Waals surface area (Å²) in [6.07, 6.45) is 2.06. The molecule has 0 radical (unpaired) electrons. The molecule has 1 heterocycles. The zero-order chi connectivity index (χ0) is 25.4. The summed E-state index contributed by atoms with van der Waals surface area (Å²) in [6, 6.07) is 15.1. The predicted octanol–water partition coefficient (Wildman–Crippen LogP) is 9.71. The van der Waals surface area contributed by atoms with Gasteiger partial charge >= 0.3 is 0 Å². The first-order valence-corrected chi connectivity index (χ1v) is 19.1. The molecule has 0 atom stereocenters. The van der Waals surface area contributed by atoms with E-state index in [0.717, 1.165) is 35.5 Å². The highest BCUT2D eigenvalue weighted by Gasteiger charge is 2.52. The van der Waals surface area contributed by atoms with E-state index in [2.05, 4.69) is 112 Å². The molecule has 0 unspecified atom stereocenters. The minimum atomic E-state index is -1.86. The Balaban J connectivity index is 4.04. The highest BCUT2D eigenvalue weighted by molar-refractivity contribution is 7.02. The van der Waals surface area contributed by atoms with Crippen LogP contribution in [0.4, 0.5) is 5.82 Å². The second-order valence-electron chi connectivity index (χ2n) is 13.6. The van der Waals surface area contributed by atoms with Crippen LogP contribution in [0.2, 0.25) is 36.3 Å². The Morgan fingerprint density at radius 2 is 0.848 bits per heavy atom. The van der Waals surface area contributed by atoms with Gasteiger partial charge in [-0.1, -0.05) is 89.2 Å². The lowest BCUT2D eigenvalue weighted by Gasteiger charge is -2.57. The minimum Gasteiger partial charge on any atom is -0.408 e. The van der Waals surface area contributed by atoms with Crippen LogP contribution in [0.5, 0.6) is 0 Å². The lowest BCUT2D eigenvalue weighted by Crippen LogP contribution is -2.70. The van der Waals surface area contributed by atoms with Gasteiger partial charge in [-0.3, -0.25) is 0 Å². The van der Waals surface area contributed by atoms with Crippen molar-refractivity contribution in [1.82, 2.24) is 4.98 Å². The molecule has 0 fully saturated rings. The van der Waals surface area contributed by atoms with Crippen LogP contribution in [0.1, 0.15) is 83.1 Å². The smallest absolute Gasteiger partial charge is 0.150 e. The zero-order valence-corrected chi connectivity index (χ0v) is 26.4. The Hall–Kier alpha value is -0.616. The van der Waals surface area contributed by atoms with Crippen molar-refractivity contribution in [3.63, 3.8) is 0 Å². The molecule has 192 valence electrons. The summed E-state index contributed by atoms with van der Waals surface area (Å²) in [6.45, 7) is 29.6. The molecule has 0 bridgehead atoms. The second kappa shape index (κ2) is 13.5. The fraction of sp³-hybridized carbons (Fsp3) is 0.828. The summed E-state index contributed by atoms with van der Waals surface area (Å²) in [5.41, 5.74) is 0. The standard InChI is InChI=1S/C29H58N2Si2/c1-23(2)17-32(18-24(3)4,19-25(5)6)31(29-15-13-14-16-30-29)33(20-26(7)8,21-27(9)10)22-28(11)12/h13-16,23-28H,17-22H2,1-12H3. The van der Waals surface area contributed by atoms with Gasteiger partial charge in [0.2, 0.25) is 0 Å². The largest absolute Gasteiger partial charge is 0.408 e. The Kier molecular flexibility index (Phi) is 12.4. The normalized spacial score (nSPS) is 13.4. The van der Waals surface area contributed by atoms with Crippen LogP contribution in [-0.4, -0.2) is 21.5 Å². The first-order valence-electron chi connectivity index (χ1n) is 13.9. The lowest BCUT2D eigenvalue weighted by molar-refractivity contribution is 0.622. The van der Waals surface area contributed by atoms with Crippen molar-refractivity contribution in [2.24, 2.45) is 35.5 Å². The third-order valence-corrected chi connectivity index (χ3v) is 21.2. The van der Waals surface area contributed by atoms with Gasteiger partial charge in [0.25, 0.3) is 0 Å². The Morgan fingerprint density at radius 3 is 1.06 bits per heavy atom. The fourth-order valence-corrected chi connectivity index (χ4v) is 25.2. The first-order chi connectivity index (χ1) is 15.2. The highest BCUT2D eigenvalue weighted by Crippen LogP contribution is 2.46. The molecule has 0 aliphatic carbocycles. The first kappa shape index (κ1) is 30.4. The highest BCUT2D eigenvalue weighted by atomic mass is 28.4. The minimum absolute atomic E-state index is 0.726. The van der Waals surface area contributed by atoms with Crippen molar-refractivity contribution in [3.8, 4) is 0 Å². The van der Waals surface area contributed by atoms with Crippen molar-refractivity contribution in [3.05, 3.63) is 24.4 Å². The molecule has 0 N–H and O–H groups in total. The van der Waals surface area contributed by atoms with E-state index in [9.17, 15) is 0 Å². The summed E-state index contributed by atoms with van der Waals surface area (Å²) in [5.74, 6) is 5.68. The molecule has 2 nitrogen and oxygen atoms in total. The van der Waals surface area contributed by atoms with Gasteiger partial charge in [0, 0.05) is 6.20 Å². The number of aromatic nitrogens is 1. The van der Waals surface area contributed by atoms with E-state index in [1.165, 1.54) is 42.1 Å². The maximum atomic E-state index is 5.15. The molecule has 33 heavy (non-hydrogen) atoms. The molecule has 0 spiro atoms. The summed E-state index contributed by atoms with van der Waals surface area (Å²) >= 11 is 0. The van der Waals surface area contributed by atoms with Gasteiger partial charge in [0.15, 0.2) is 0 Å². The van der Waals surface area contributed by atoms with Gasteiger partial charge in [-0.2, -0.15) is 0 Å². The van der Waals surface area contributed by atoms with Gasteiger partial charge in [-0.25, -0.2) is 4.98 Å². The van der Waals surface area contributed by atoms with Gasteiger partial charge < -0.3 is 4.23 Å². The molecule has 0 saturated heterocycles. The number of nitrogens with zero attached hydrogens (tertiary/aromatic N) is 2. The average Bonchev–Trinajstić information content (AvgIpc) is 2.58. The van der Waals surface area contributed by atoms with Gasteiger partial charge in [-0.15, -0.1) is 0 Å². The summed E-state index contributed by atoms with van der Waals surface area (Å²) in [7, 11) is -3.72. The maximum absolute atomic E-state index is 5.15. The van der Waals surface area contributed by atoms with Crippen molar-refractivity contribution in [1.29, 1.82) is 0 Å². The molecule has 0 aliphatic rings. The number of hydrogen-bond acceptors (Lipinski definition) is 2. The summed E-state index contributed by atoms with van der Waals surface area (Å²) in [4.78, 5) is 5.15. The van der Waals surface area contributed by atoms with Crippen molar-refractivity contribution < 1.29 is 0 Å². The molecule has 0 aliphatic heterocycles. The van der Waals surface area contributed by atoms with E-state index in [1.54, 1.807) is 0 Å². The molecule has 1 aromatic heterocycles. The molecular weight excluding hydrogens is 433 g/mol. The van der Waals surface area contributed by atoms with Crippen LogP contribution in [-0.2, 0) is 0 Å². The fourth-order valence-electron chi connectivity index (χ4n) is 7.08.